The maximum atomic E-state index is 9.16. The Kier molecular flexibility index (Phi) is 5.93. The molecule has 1 aliphatic rings. The number of thiophene rings is 1. The molecule has 162 valence electrons. The monoisotopic (exact) mass is 442 g/mol. The third-order valence-corrected chi connectivity index (χ3v) is 7.10. The molecule has 0 bridgehead atoms. The molecule has 5 nitrogen and oxygen atoms in total. The molecule has 32 heavy (non-hydrogen) atoms. The Morgan fingerprint density at radius 1 is 1.12 bits per heavy atom. The zero-order valence-electron chi connectivity index (χ0n) is 18.2. The Hall–Kier alpha value is -3.14. The second kappa shape index (κ2) is 9.15. The van der Waals surface area contributed by atoms with E-state index in [1.54, 1.807) is 18.4 Å². The number of methoxy groups -OCH3 is 1. The van der Waals surface area contributed by atoms with Gasteiger partial charge in [-0.05, 0) is 60.5 Å². The highest BCUT2D eigenvalue weighted by molar-refractivity contribution is 7.08. The Bertz CT molecular complexity index is 1250. The molecule has 0 aliphatic carbocycles. The third-order valence-electron chi connectivity index (χ3n) is 6.41. The highest BCUT2D eigenvalue weighted by atomic mass is 32.1. The number of benzene rings is 1. The van der Waals surface area contributed by atoms with Crippen LogP contribution in [0.1, 0.15) is 12.8 Å². The van der Waals surface area contributed by atoms with E-state index >= 15 is 0 Å². The molecule has 4 aromatic rings. The zero-order valence-corrected chi connectivity index (χ0v) is 19.0. The van der Waals surface area contributed by atoms with E-state index in [-0.39, 0.29) is 5.92 Å². The average Bonchev–Trinajstić information content (AvgIpc) is 3.52. The first-order valence-corrected chi connectivity index (χ1v) is 12.0. The number of piperidine rings is 1. The van der Waals surface area contributed by atoms with Crippen molar-refractivity contribution in [3.05, 3.63) is 59.7 Å². The number of aromatic nitrogens is 2. The van der Waals surface area contributed by atoms with Crippen LogP contribution in [0.25, 0.3) is 33.2 Å². The number of nitriles is 1. The maximum absolute atomic E-state index is 9.16. The van der Waals surface area contributed by atoms with Gasteiger partial charge < -0.3 is 14.2 Å². The first kappa shape index (κ1) is 20.7. The SMILES string of the molecule is COc1cccc2c(-c3cncc(-c4ccsc4)c3)cn(CCN3CCC(C#N)CC3)c12. The van der Waals surface area contributed by atoms with Gasteiger partial charge in [0.05, 0.1) is 18.7 Å². The minimum absolute atomic E-state index is 0.216. The lowest BCUT2D eigenvalue weighted by Gasteiger charge is -2.29. The molecule has 0 N–H and O–H groups in total. The van der Waals surface area contributed by atoms with Gasteiger partial charge in [0.25, 0.3) is 0 Å². The molecule has 0 saturated carbocycles. The van der Waals surface area contributed by atoms with Gasteiger partial charge in [0.1, 0.15) is 5.75 Å². The summed E-state index contributed by atoms with van der Waals surface area (Å²) in [7, 11) is 1.73. The van der Waals surface area contributed by atoms with Gasteiger partial charge in [0.15, 0.2) is 0 Å². The Morgan fingerprint density at radius 2 is 1.97 bits per heavy atom. The standard InChI is InChI=1S/C26H26N4OS/c1-31-25-4-2-3-23-24(22-13-21(15-28-16-22)20-7-12-32-18-20)17-30(26(23)25)11-10-29-8-5-19(14-27)6-9-29/h2-4,7,12-13,15-19H,5-6,8-11H2,1H3. The molecular formula is C26H26N4OS. The summed E-state index contributed by atoms with van der Waals surface area (Å²) in [6.45, 7) is 3.83. The van der Waals surface area contributed by atoms with Crippen molar-refractivity contribution >= 4 is 22.2 Å². The van der Waals surface area contributed by atoms with Crippen LogP contribution < -0.4 is 4.74 Å². The molecule has 0 unspecified atom stereocenters. The summed E-state index contributed by atoms with van der Waals surface area (Å²) >= 11 is 1.70. The van der Waals surface area contributed by atoms with Crippen LogP contribution in [-0.4, -0.2) is 41.2 Å². The molecule has 4 heterocycles. The van der Waals surface area contributed by atoms with E-state index in [1.165, 1.54) is 16.5 Å². The van der Waals surface area contributed by atoms with E-state index in [0.29, 0.717) is 0 Å². The Morgan fingerprint density at radius 3 is 2.72 bits per heavy atom. The van der Waals surface area contributed by atoms with Crippen LogP contribution in [0.2, 0.25) is 0 Å². The average molecular weight is 443 g/mol. The summed E-state index contributed by atoms with van der Waals surface area (Å²) < 4.78 is 8.05. The second-order valence-electron chi connectivity index (χ2n) is 8.31. The van der Waals surface area contributed by atoms with Gasteiger partial charge in [-0.3, -0.25) is 4.98 Å². The first-order chi connectivity index (χ1) is 15.8. The molecule has 6 heteroatoms. The maximum Gasteiger partial charge on any atom is 0.143 e. The number of ether oxygens (including phenoxy) is 1. The van der Waals surface area contributed by atoms with E-state index in [9.17, 15) is 0 Å². The van der Waals surface area contributed by atoms with Crippen LogP contribution in [-0.2, 0) is 6.54 Å². The molecule has 1 aliphatic heterocycles. The van der Waals surface area contributed by atoms with E-state index in [2.05, 4.69) is 61.7 Å². The van der Waals surface area contributed by atoms with Crippen LogP contribution in [0.5, 0.6) is 5.75 Å². The van der Waals surface area contributed by atoms with Crippen LogP contribution in [0.15, 0.2) is 59.7 Å². The van der Waals surface area contributed by atoms with Crippen LogP contribution in [0.4, 0.5) is 0 Å². The topological polar surface area (TPSA) is 54.1 Å². The number of nitrogens with zero attached hydrogens (tertiary/aromatic N) is 4. The molecule has 0 atom stereocenters. The molecular weight excluding hydrogens is 416 g/mol. The minimum Gasteiger partial charge on any atom is -0.495 e. The van der Waals surface area contributed by atoms with Crippen molar-refractivity contribution < 1.29 is 4.74 Å². The second-order valence-corrected chi connectivity index (χ2v) is 9.09. The minimum atomic E-state index is 0.216. The lowest BCUT2D eigenvalue weighted by atomic mass is 9.99. The summed E-state index contributed by atoms with van der Waals surface area (Å²) in [6, 6.07) is 13.0. The zero-order chi connectivity index (χ0) is 21.9. The molecule has 1 saturated heterocycles. The lowest BCUT2D eigenvalue weighted by Crippen LogP contribution is -2.35. The van der Waals surface area contributed by atoms with Crippen LogP contribution in [0.3, 0.4) is 0 Å². The Labute approximate surface area is 192 Å². The van der Waals surface area contributed by atoms with E-state index in [1.807, 2.05) is 18.5 Å². The number of pyridine rings is 1. The molecule has 1 aromatic carbocycles. The largest absolute Gasteiger partial charge is 0.495 e. The summed E-state index contributed by atoms with van der Waals surface area (Å²) in [4.78, 5) is 7.01. The fraction of sp³-hybridized carbons (Fsp3) is 0.308. The quantitative estimate of drug-likeness (QED) is 0.386. The van der Waals surface area contributed by atoms with E-state index in [0.717, 1.165) is 61.4 Å². The van der Waals surface area contributed by atoms with Crippen molar-refractivity contribution in [2.45, 2.75) is 19.4 Å². The number of hydrogen-bond acceptors (Lipinski definition) is 5. The number of hydrogen-bond donors (Lipinski definition) is 0. The summed E-state index contributed by atoms with van der Waals surface area (Å²) in [5, 5.41) is 14.6. The molecule has 0 amide bonds. The predicted octanol–water partition coefficient (Wildman–Crippen LogP) is 5.68. The van der Waals surface area contributed by atoms with Crippen molar-refractivity contribution in [3.8, 4) is 34.1 Å². The molecule has 1 fully saturated rings. The first-order valence-electron chi connectivity index (χ1n) is 11.0. The van der Waals surface area contributed by atoms with Gasteiger partial charge in [-0.2, -0.15) is 16.6 Å². The molecule has 3 aromatic heterocycles. The van der Waals surface area contributed by atoms with Crippen LogP contribution >= 0.6 is 11.3 Å². The van der Waals surface area contributed by atoms with Crippen molar-refractivity contribution in [2.75, 3.05) is 26.7 Å². The summed E-state index contributed by atoms with van der Waals surface area (Å²) in [5.41, 5.74) is 5.74. The summed E-state index contributed by atoms with van der Waals surface area (Å²) in [6.07, 6.45) is 8.05. The highest BCUT2D eigenvalue weighted by Gasteiger charge is 2.20. The van der Waals surface area contributed by atoms with Gasteiger partial charge in [-0.25, -0.2) is 0 Å². The molecule has 5 rings (SSSR count). The van der Waals surface area contributed by atoms with Gasteiger partial charge in [0, 0.05) is 59.7 Å². The fourth-order valence-corrected chi connectivity index (χ4v) is 5.27. The van der Waals surface area contributed by atoms with Gasteiger partial charge in [-0.15, -0.1) is 0 Å². The highest BCUT2D eigenvalue weighted by Crippen LogP contribution is 2.37. The molecule has 0 radical (unpaired) electrons. The van der Waals surface area contributed by atoms with E-state index in [4.69, 9.17) is 10.00 Å². The number of likely N-dealkylation sites (tertiary alicyclic amines) is 1. The molecule has 0 spiro atoms. The Balaban J connectivity index is 1.48. The van der Waals surface area contributed by atoms with Crippen LogP contribution in [0, 0.1) is 17.2 Å². The third kappa shape index (κ3) is 4.02. The van der Waals surface area contributed by atoms with Crippen molar-refractivity contribution in [3.63, 3.8) is 0 Å². The van der Waals surface area contributed by atoms with E-state index < -0.39 is 0 Å². The van der Waals surface area contributed by atoms with Crippen molar-refractivity contribution in [1.82, 2.24) is 14.5 Å². The number of para-hydroxylation sites is 1. The van der Waals surface area contributed by atoms with Crippen molar-refractivity contribution in [2.24, 2.45) is 5.92 Å². The van der Waals surface area contributed by atoms with Crippen molar-refractivity contribution in [1.29, 1.82) is 5.26 Å². The van der Waals surface area contributed by atoms with Gasteiger partial charge in [0.2, 0.25) is 0 Å². The smallest absolute Gasteiger partial charge is 0.143 e. The van der Waals surface area contributed by atoms with Gasteiger partial charge in [-0.1, -0.05) is 12.1 Å². The number of rotatable bonds is 6. The van der Waals surface area contributed by atoms with Gasteiger partial charge >= 0.3 is 0 Å². The fourth-order valence-electron chi connectivity index (χ4n) is 4.61. The predicted molar refractivity (Wildman–Crippen MR) is 130 cm³/mol. The number of fused-ring (bicyclic) bond motifs is 1. The summed E-state index contributed by atoms with van der Waals surface area (Å²) in [5.74, 6) is 1.10. The normalized spacial score (nSPS) is 15.1. The lowest BCUT2D eigenvalue weighted by molar-refractivity contribution is 0.199.